The van der Waals surface area contributed by atoms with E-state index in [4.69, 9.17) is 34.8 Å². The molecule has 0 aliphatic heterocycles. The minimum Gasteiger partial charge on any atom is -0.288 e. The van der Waals surface area contributed by atoms with Crippen LogP contribution in [0.15, 0.2) is 23.3 Å². The van der Waals surface area contributed by atoms with E-state index in [2.05, 4.69) is 22.5 Å². The molecule has 2 atom stereocenters. The average Bonchev–Trinajstić information content (AvgIpc) is 2.14. The molecule has 0 spiro atoms. The maximum atomic E-state index is 11.4. The van der Waals surface area contributed by atoms with Crippen LogP contribution in [0.5, 0.6) is 0 Å². The zero-order valence-electron chi connectivity index (χ0n) is 8.49. The van der Waals surface area contributed by atoms with Crippen LogP contribution in [0.4, 0.5) is 0 Å². The van der Waals surface area contributed by atoms with Gasteiger partial charge in [-0.05, 0) is 25.5 Å². The number of hydrogen-bond acceptors (Lipinski definition) is 1. The van der Waals surface area contributed by atoms with E-state index in [1.165, 1.54) is 6.08 Å². The maximum absolute atomic E-state index is 11.4. The molecule has 0 aromatic rings. The Morgan fingerprint density at radius 3 is 2.47 bits per heavy atom. The van der Waals surface area contributed by atoms with Gasteiger partial charge in [0.2, 0.25) is 0 Å². The lowest BCUT2D eigenvalue weighted by Gasteiger charge is -2.22. The quantitative estimate of drug-likeness (QED) is 0.542. The van der Waals surface area contributed by atoms with Gasteiger partial charge >= 0.3 is 0 Å². The normalized spacial score (nSPS) is 18.1. The summed E-state index contributed by atoms with van der Waals surface area (Å²) in [5.74, 6) is 0.0138. The van der Waals surface area contributed by atoms with Crippen LogP contribution in [0.25, 0.3) is 0 Å². The van der Waals surface area contributed by atoms with Gasteiger partial charge in [0.05, 0.1) is 14.7 Å². The first kappa shape index (κ1) is 15.5. The Kier molecular flexibility index (Phi) is 6.50. The molecule has 0 bridgehead atoms. The highest BCUT2D eigenvalue weighted by atomic mass is 79.9. The molecule has 0 aromatic carbocycles. The Bertz CT molecular complexity index is 297. The monoisotopic (exact) mass is 332 g/mol. The van der Waals surface area contributed by atoms with Crippen LogP contribution in [0.3, 0.4) is 0 Å². The molecule has 0 heterocycles. The molecule has 0 aliphatic carbocycles. The Labute approximate surface area is 114 Å². The van der Waals surface area contributed by atoms with Crippen molar-refractivity contribution in [2.45, 2.75) is 23.5 Å². The van der Waals surface area contributed by atoms with Crippen molar-refractivity contribution < 1.29 is 4.79 Å². The number of ketones is 1. The number of carbonyl (C=O) groups excluding carboxylic acids is 1. The largest absolute Gasteiger partial charge is 0.288 e. The number of alkyl halides is 3. The van der Waals surface area contributed by atoms with Crippen LogP contribution in [-0.4, -0.2) is 21.4 Å². The number of allylic oxidation sites excluding steroid dienone is 3. The highest BCUT2D eigenvalue weighted by Crippen LogP contribution is 2.30. The average molecular weight is 334 g/mol. The smallest absolute Gasteiger partial charge is 0.199 e. The first-order valence-electron chi connectivity index (χ1n) is 4.20. The summed E-state index contributed by atoms with van der Waals surface area (Å²) in [6.07, 6.45) is 1.48. The third-order valence-corrected chi connectivity index (χ3v) is 4.63. The summed E-state index contributed by atoms with van der Waals surface area (Å²) in [6.45, 7) is 6.84. The fraction of sp³-hybridized carbons (Fsp3) is 0.500. The molecule has 0 aliphatic rings. The molecule has 5 heteroatoms. The van der Waals surface area contributed by atoms with Crippen LogP contribution in [-0.2, 0) is 4.79 Å². The van der Waals surface area contributed by atoms with Crippen LogP contribution in [0.1, 0.15) is 13.8 Å². The number of halogens is 4. The van der Waals surface area contributed by atoms with Crippen molar-refractivity contribution in [1.82, 2.24) is 0 Å². The van der Waals surface area contributed by atoms with Crippen molar-refractivity contribution >= 4 is 56.5 Å². The van der Waals surface area contributed by atoms with Gasteiger partial charge in [0.15, 0.2) is 5.78 Å². The van der Waals surface area contributed by atoms with Crippen LogP contribution < -0.4 is 0 Å². The lowest BCUT2D eigenvalue weighted by molar-refractivity contribution is -0.111. The highest BCUT2D eigenvalue weighted by Gasteiger charge is 2.28. The van der Waals surface area contributed by atoms with E-state index in [1.807, 2.05) is 0 Å². The van der Waals surface area contributed by atoms with Gasteiger partial charge in [0, 0.05) is 5.88 Å². The van der Waals surface area contributed by atoms with Gasteiger partial charge in [-0.1, -0.05) is 34.1 Å². The van der Waals surface area contributed by atoms with Crippen molar-refractivity contribution in [2.24, 2.45) is 0 Å². The lowest BCUT2D eigenvalue weighted by atomic mass is 10.1. The molecule has 0 aromatic heterocycles. The maximum Gasteiger partial charge on any atom is 0.199 e. The topological polar surface area (TPSA) is 17.1 Å². The predicted octanol–water partition coefficient (Wildman–Crippen LogP) is 4.25. The third kappa shape index (κ3) is 4.90. The lowest BCUT2D eigenvalue weighted by Crippen LogP contribution is -2.28. The van der Waals surface area contributed by atoms with Gasteiger partial charge in [0.1, 0.15) is 0 Å². The molecule has 0 amide bonds. The van der Waals surface area contributed by atoms with E-state index in [9.17, 15) is 4.79 Å². The van der Waals surface area contributed by atoms with Gasteiger partial charge < -0.3 is 0 Å². The number of Topliss-reactive ketones (excluding diaryl/α,β-unsaturated/α-hetero) is 1. The summed E-state index contributed by atoms with van der Waals surface area (Å²) in [6, 6.07) is 0. The van der Waals surface area contributed by atoms with Gasteiger partial charge in [-0.15, -0.1) is 23.2 Å². The predicted molar refractivity (Wildman–Crippen MR) is 71.5 cm³/mol. The molecule has 0 saturated carbocycles. The Morgan fingerprint density at radius 2 is 2.13 bits per heavy atom. The molecule has 0 saturated heterocycles. The molecular formula is C10H12BrCl3O. The first-order chi connectivity index (χ1) is 6.72. The summed E-state index contributed by atoms with van der Waals surface area (Å²) >= 11 is 20.9. The van der Waals surface area contributed by atoms with Gasteiger partial charge in [-0.3, -0.25) is 4.79 Å². The highest BCUT2D eigenvalue weighted by molar-refractivity contribution is 9.09. The summed E-state index contributed by atoms with van der Waals surface area (Å²) < 4.78 is 0. The van der Waals surface area contributed by atoms with Crippen molar-refractivity contribution in [1.29, 1.82) is 0 Å². The Morgan fingerprint density at radius 1 is 1.67 bits per heavy atom. The SMILES string of the molecule is C=C(C)C(=O)/C(Cl)=C\[C@](C)(Cl)[C@H](Br)CCl. The zero-order valence-corrected chi connectivity index (χ0v) is 12.3. The van der Waals surface area contributed by atoms with Gasteiger partial charge in [-0.25, -0.2) is 0 Å². The van der Waals surface area contributed by atoms with E-state index in [1.54, 1.807) is 13.8 Å². The molecular weight excluding hydrogens is 322 g/mol. The third-order valence-electron chi connectivity index (χ3n) is 1.76. The van der Waals surface area contributed by atoms with Crippen molar-refractivity contribution in [3.8, 4) is 0 Å². The summed E-state index contributed by atoms with van der Waals surface area (Å²) in [5, 5.41) is 0.0644. The minimum atomic E-state index is -0.802. The van der Waals surface area contributed by atoms with Crippen molar-refractivity contribution in [2.75, 3.05) is 5.88 Å². The molecule has 0 unspecified atom stereocenters. The second kappa shape index (κ2) is 6.29. The Balaban J connectivity index is 4.88. The Hall–Kier alpha value is 0.500. The molecule has 0 N–H and O–H groups in total. The molecule has 1 nitrogen and oxygen atoms in total. The van der Waals surface area contributed by atoms with Crippen LogP contribution in [0, 0.1) is 0 Å². The number of rotatable bonds is 5. The molecule has 86 valence electrons. The van der Waals surface area contributed by atoms with Crippen molar-refractivity contribution in [3.05, 3.63) is 23.3 Å². The van der Waals surface area contributed by atoms with E-state index < -0.39 is 4.87 Å². The van der Waals surface area contributed by atoms with Gasteiger partial charge in [-0.2, -0.15) is 0 Å². The molecule has 15 heavy (non-hydrogen) atoms. The summed E-state index contributed by atoms with van der Waals surface area (Å²) in [5.41, 5.74) is 0.376. The van der Waals surface area contributed by atoms with E-state index in [0.29, 0.717) is 11.5 Å². The fourth-order valence-electron chi connectivity index (χ4n) is 0.758. The molecule has 0 radical (unpaired) electrons. The minimum absolute atomic E-state index is 0.0644. The van der Waals surface area contributed by atoms with Crippen LogP contribution >= 0.6 is 50.7 Å². The number of hydrogen-bond donors (Lipinski definition) is 0. The van der Waals surface area contributed by atoms with Gasteiger partial charge in [0.25, 0.3) is 0 Å². The molecule has 0 fully saturated rings. The second-order valence-electron chi connectivity index (χ2n) is 3.37. The summed E-state index contributed by atoms with van der Waals surface area (Å²) in [4.78, 5) is 10.5. The molecule has 0 rings (SSSR count). The van der Waals surface area contributed by atoms with Crippen LogP contribution in [0.2, 0.25) is 0 Å². The zero-order chi connectivity index (χ0) is 12.2. The van der Waals surface area contributed by atoms with E-state index in [0.717, 1.165) is 0 Å². The fourth-order valence-corrected chi connectivity index (χ4v) is 1.92. The number of carbonyl (C=O) groups is 1. The summed E-state index contributed by atoms with van der Waals surface area (Å²) in [7, 11) is 0. The van der Waals surface area contributed by atoms with E-state index in [-0.39, 0.29) is 15.6 Å². The van der Waals surface area contributed by atoms with Crippen molar-refractivity contribution in [3.63, 3.8) is 0 Å². The van der Waals surface area contributed by atoms with E-state index >= 15 is 0 Å². The standard InChI is InChI=1S/C10H12BrCl3O/c1-6(2)9(15)7(13)4-10(3,14)8(11)5-12/h4,8H,1,5H2,2-3H3/b7-4+/t8-,10+/m1/s1. The first-order valence-corrected chi connectivity index (χ1v) is 6.40. The second-order valence-corrected chi connectivity index (χ2v) is 6.01.